The van der Waals surface area contributed by atoms with E-state index in [0.29, 0.717) is 12.2 Å². The molecule has 6 aliphatic rings. The smallest absolute Gasteiger partial charge is 0.338 e. The number of aliphatic hydroxyl groups excluding tert-OH is 1. The number of aliphatic hydroxyl groups is 2. The summed E-state index contributed by atoms with van der Waals surface area (Å²) in [5.74, 6) is -2.85. The number of halogens is 1. The van der Waals surface area contributed by atoms with E-state index in [1.165, 1.54) is 18.9 Å². The van der Waals surface area contributed by atoms with Gasteiger partial charge >= 0.3 is 11.9 Å². The van der Waals surface area contributed by atoms with Crippen LogP contribution in [0.1, 0.15) is 36.5 Å². The van der Waals surface area contributed by atoms with Crippen molar-refractivity contribution in [1.82, 2.24) is 0 Å². The molecular formula is C33H46BrNO10. The summed E-state index contributed by atoms with van der Waals surface area (Å²) in [6.45, 7) is 2.68. The van der Waals surface area contributed by atoms with Gasteiger partial charge in [-0.3, -0.25) is 4.79 Å². The Morgan fingerprint density at radius 2 is 1.73 bits per heavy atom. The molecule has 7 rings (SSSR count). The summed E-state index contributed by atoms with van der Waals surface area (Å²) in [5.41, 5.74) is -3.82. The number of hydrogen-bond acceptors (Lipinski definition) is 10. The van der Waals surface area contributed by atoms with Gasteiger partial charge in [-0.05, 0) is 37.3 Å². The van der Waals surface area contributed by atoms with Crippen molar-refractivity contribution in [3.63, 3.8) is 0 Å². The molecule has 1 aliphatic heterocycles. The highest BCUT2D eigenvalue weighted by molar-refractivity contribution is 5.89. The predicted octanol–water partition coefficient (Wildman–Crippen LogP) is -3.13. The number of rotatable bonds is 8. The summed E-state index contributed by atoms with van der Waals surface area (Å²) in [5, 5.41) is 25.1. The Hall–Kier alpha value is -1.64. The van der Waals surface area contributed by atoms with Gasteiger partial charge in [0.25, 0.3) is 0 Å². The number of methoxy groups -OCH3 is 4. The maximum Gasteiger partial charge on any atom is 0.338 e. The molecule has 0 aromatic heterocycles. The number of nitrogens with one attached hydrogen (secondary N) is 1. The minimum atomic E-state index is -1.75. The predicted molar refractivity (Wildman–Crippen MR) is 154 cm³/mol. The Morgan fingerprint density at radius 3 is 2.33 bits per heavy atom. The minimum Gasteiger partial charge on any atom is -1.00 e. The van der Waals surface area contributed by atoms with E-state index in [2.05, 4.69) is 7.05 Å². The summed E-state index contributed by atoms with van der Waals surface area (Å²) in [7, 11) is 8.74. The summed E-state index contributed by atoms with van der Waals surface area (Å²) in [6, 6.07) is 8.49. The van der Waals surface area contributed by atoms with Crippen LogP contribution in [-0.2, 0) is 33.2 Å². The lowest BCUT2D eigenvalue weighted by Crippen LogP contribution is -3.20. The minimum absolute atomic E-state index is 0. The number of piperidine rings is 1. The topological polar surface area (TPSA) is 134 Å². The lowest BCUT2D eigenvalue weighted by molar-refractivity contribution is -0.936. The highest BCUT2D eigenvalue weighted by atomic mass is 79.9. The number of esters is 2. The first-order valence-corrected chi connectivity index (χ1v) is 15.8. The first-order valence-electron chi connectivity index (χ1n) is 15.8. The molecule has 11 nitrogen and oxygen atoms in total. The molecule has 0 amide bonds. The van der Waals surface area contributed by atoms with E-state index in [0.717, 1.165) is 19.4 Å². The Morgan fingerprint density at radius 1 is 1.02 bits per heavy atom. The van der Waals surface area contributed by atoms with Gasteiger partial charge in [0.1, 0.15) is 30.0 Å². The second-order valence-corrected chi connectivity index (χ2v) is 14.3. The van der Waals surface area contributed by atoms with Crippen LogP contribution < -0.4 is 21.9 Å². The number of likely N-dealkylation sites (tertiary alicyclic amines) is 1. The van der Waals surface area contributed by atoms with Gasteiger partial charge in [-0.15, -0.1) is 0 Å². The zero-order valence-corrected chi connectivity index (χ0v) is 28.3. The van der Waals surface area contributed by atoms with Crippen LogP contribution >= 0.6 is 0 Å². The van der Waals surface area contributed by atoms with Gasteiger partial charge in [-0.25, -0.2) is 4.79 Å². The van der Waals surface area contributed by atoms with Crippen LogP contribution in [0.5, 0.6) is 0 Å². The molecule has 1 spiro atoms. The molecule has 5 saturated carbocycles. The maximum atomic E-state index is 13.7. The molecule has 1 aromatic rings. The summed E-state index contributed by atoms with van der Waals surface area (Å²) in [6.07, 6.45) is -2.54. The van der Waals surface area contributed by atoms with E-state index < -0.39 is 64.8 Å². The average Bonchev–Trinajstić information content (AvgIpc) is 3.39. The molecule has 3 N–H and O–H groups in total. The lowest BCUT2D eigenvalue weighted by atomic mass is 9.43. The van der Waals surface area contributed by atoms with Crippen molar-refractivity contribution >= 4 is 11.9 Å². The summed E-state index contributed by atoms with van der Waals surface area (Å²) in [4.78, 5) is 28.1. The largest absolute Gasteiger partial charge is 1.00 e. The fourth-order valence-corrected chi connectivity index (χ4v) is 12.5. The first kappa shape index (κ1) is 33.3. The van der Waals surface area contributed by atoms with Crippen molar-refractivity contribution in [1.29, 1.82) is 0 Å². The van der Waals surface area contributed by atoms with Crippen molar-refractivity contribution < 1.29 is 70.1 Å². The van der Waals surface area contributed by atoms with Crippen molar-refractivity contribution in [3.8, 4) is 0 Å². The second kappa shape index (κ2) is 11.2. The Kier molecular flexibility index (Phi) is 8.30. The van der Waals surface area contributed by atoms with Gasteiger partial charge in [0.2, 0.25) is 0 Å². The first-order chi connectivity index (χ1) is 21.0. The van der Waals surface area contributed by atoms with E-state index in [4.69, 9.17) is 28.4 Å². The average molecular weight is 697 g/mol. The molecule has 1 saturated heterocycles. The zero-order chi connectivity index (χ0) is 31.4. The molecule has 250 valence electrons. The standard InChI is InChI=1S/C33H45NO10.BrH/c1-17(35)44-33-21-19(14-31(38,28(42-6)26(33)36)27(21)43-29(37)18-10-8-7-9-11-18)32-20(40-4)12-13-30(16-39-3)15-34(2)25(32)22(33)23(41-5)24(30)32;/h7-11,19-28,36,38H,12-16H2,1-6H3;1H. The Bertz CT molecular complexity index is 1320. The van der Waals surface area contributed by atoms with E-state index in [1.54, 1.807) is 45.6 Å². The third kappa shape index (κ3) is 3.88. The number of carbonyl (C=O) groups excluding carboxylic acids is 2. The number of ether oxygens (including phenoxy) is 6. The van der Waals surface area contributed by atoms with Crippen molar-refractivity contribution in [2.24, 2.45) is 34.5 Å². The fraction of sp³-hybridized carbons (Fsp3) is 0.758. The van der Waals surface area contributed by atoms with Crippen LogP contribution in [0.15, 0.2) is 30.3 Å². The van der Waals surface area contributed by atoms with E-state index in [-0.39, 0.29) is 52.8 Å². The van der Waals surface area contributed by atoms with E-state index in [1.807, 2.05) is 6.07 Å². The van der Waals surface area contributed by atoms with Gasteiger partial charge in [-0.2, -0.15) is 0 Å². The van der Waals surface area contributed by atoms with E-state index in [9.17, 15) is 19.8 Å². The quantitative estimate of drug-likeness (QED) is 0.240. The molecule has 15 atom stereocenters. The third-order valence-corrected chi connectivity index (χ3v) is 12.9. The molecular weight excluding hydrogens is 650 g/mol. The van der Waals surface area contributed by atoms with Gasteiger partial charge in [0, 0.05) is 52.6 Å². The van der Waals surface area contributed by atoms with Gasteiger partial charge in [0.15, 0.2) is 5.60 Å². The molecule has 6 fully saturated rings. The number of hydrogen-bond donors (Lipinski definition) is 3. The summed E-state index contributed by atoms with van der Waals surface area (Å²) >= 11 is 0. The molecule has 45 heavy (non-hydrogen) atoms. The molecule has 1 aromatic carbocycles. The van der Waals surface area contributed by atoms with Crippen LogP contribution in [0.3, 0.4) is 0 Å². The van der Waals surface area contributed by atoms with E-state index >= 15 is 0 Å². The number of carbonyl (C=O) groups is 2. The Labute approximate surface area is 274 Å². The monoisotopic (exact) mass is 695 g/mol. The van der Waals surface area contributed by atoms with Crippen LogP contribution in [-0.4, -0.2) is 119 Å². The SMILES string of the molecule is COCC12CCC(OC)C34C5CC6(O)C(OC)C(O)C(OC(C)=O)(C5C6OC(=O)c5ccccc5)C(C(OC)C13)C4[NH+](C)C2.[Br-]. The molecule has 0 radical (unpaired) electrons. The van der Waals surface area contributed by atoms with Crippen LogP contribution in [0, 0.1) is 34.5 Å². The normalized spacial score (nSPS) is 50.0. The van der Waals surface area contributed by atoms with Crippen molar-refractivity contribution in [2.75, 3.05) is 48.6 Å². The lowest BCUT2D eigenvalue weighted by Gasteiger charge is -2.67. The van der Waals surface area contributed by atoms with Gasteiger partial charge < -0.3 is 60.5 Å². The van der Waals surface area contributed by atoms with Crippen LogP contribution in [0.4, 0.5) is 0 Å². The third-order valence-electron chi connectivity index (χ3n) is 12.9. The summed E-state index contributed by atoms with van der Waals surface area (Å²) < 4.78 is 37.6. The molecule has 12 heteroatoms. The van der Waals surface area contributed by atoms with Gasteiger partial charge in [-0.1, -0.05) is 18.2 Å². The number of quaternary nitrogens is 1. The molecule has 1 heterocycles. The fourth-order valence-electron chi connectivity index (χ4n) is 12.5. The molecule has 5 aliphatic carbocycles. The molecule has 7 bridgehead atoms. The van der Waals surface area contributed by atoms with Crippen LogP contribution in [0.2, 0.25) is 0 Å². The zero-order valence-electron chi connectivity index (χ0n) is 26.7. The highest BCUT2D eigenvalue weighted by Crippen LogP contribution is 2.78. The number of benzene rings is 1. The van der Waals surface area contributed by atoms with Crippen molar-refractivity contribution in [2.45, 2.75) is 73.9 Å². The number of fused-ring (bicyclic) bond motifs is 2. The maximum absolute atomic E-state index is 13.7. The van der Waals surface area contributed by atoms with Gasteiger partial charge in [0.05, 0.1) is 49.3 Å². The second-order valence-electron chi connectivity index (χ2n) is 14.3. The molecule has 15 unspecified atom stereocenters. The Balaban J connectivity index is 0.00000357. The van der Waals surface area contributed by atoms with Crippen LogP contribution in [0.25, 0.3) is 0 Å². The van der Waals surface area contributed by atoms with Crippen molar-refractivity contribution in [3.05, 3.63) is 35.9 Å². The highest BCUT2D eigenvalue weighted by Gasteiger charge is 2.93.